The summed E-state index contributed by atoms with van der Waals surface area (Å²) in [7, 11) is -3.91. The third kappa shape index (κ3) is 4.96. The number of benzene rings is 2. The molecule has 0 saturated heterocycles. The lowest BCUT2D eigenvalue weighted by Crippen LogP contribution is -2.35. The summed E-state index contributed by atoms with van der Waals surface area (Å²) in [4.78, 5) is 25.4. The van der Waals surface area contributed by atoms with E-state index in [1.54, 1.807) is 31.2 Å². The number of hydrogen-bond acceptors (Lipinski definition) is 4. The number of hydrogen-bond donors (Lipinski definition) is 2. The van der Waals surface area contributed by atoms with E-state index in [0.717, 1.165) is 5.56 Å². The Hall–Kier alpha value is -3.39. The average Bonchev–Trinajstić information content (AvgIpc) is 2.74. The Labute approximate surface area is 175 Å². The molecular weight excluding hydrogens is 402 g/mol. The number of carbonyl (C=O) groups is 1. The van der Waals surface area contributed by atoms with Crippen molar-refractivity contribution in [1.29, 1.82) is 0 Å². The molecule has 3 aromatic rings. The Morgan fingerprint density at radius 1 is 0.967 bits per heavy atom. The summed E-state index contributed by atoms with van der Waals surface area (Å²) >= 11 is 0. The standard InChI is InChI=1S/C22H23N3O4S/c1-16-13-14-20(24-30(28,29)19-11-7-4-8-12-19)22(27)25(16)15-21(26)23-17(2)18-9-5-3-6-10-18/h3-14,17,24H,15H2,1-2H3,(H,23,26). The van der Waals surface area contributed by atoms with Crippen LogP contribution < -0.4 is 15.6 Å². The van der Waals surface area contributed by atoms with Crippen molar-refractivity contribution in [3.63, 3.8) is 0 Å². The zero-order valence-electron chi connectivity index (χ0n) is 16.7. The highest BCUT2D eigenvalue weighted by Gasteiger charge is 2.18. The van der Waals surface area contributed by atoms with Crippen LogP contribution in [0.1, 0.15) is 24.2 Å². The Kier molecular flexibility index (Phi) is 6.37. The minimum Gasteiger partial charge on any atom is -0.348 e. The molecule has 3 rings (SSSR count). The minimum atomic E-state index is -3.91. The third-order valence-electron chi connectivity index (χ3n) is 4.67. The highest BCUT2D eigenvalue weighted by atomic mass is 32.2. The second kappa shape index (κ2) is 8.96. The van der Waals surface area contributed by atoms with Crippen molar-refractivity contribution in [1.82, 2.24) is 9.88 Å². The van der Waals surface area contributed by atoms with Gasteiger partial charge in [0.15, 0.2) is 0 Å². The Bertz CT molecular complexity index is 1190. The van der Waals surface area contributed by atoms with E-state index in [0.29, 0.717) is 5.69 Å². The summed E-state index contributed by atoms with van der Waals surface area (Å²) in [5, 5.41) is 2.86. The third-order valence-corrected chi connectivity index (χ3v) is 6.05. The maximum atomic E-state index is 12.8. The molecule has 0 aliphatic rings. The molecule has 7 nitrogen and oxygen atoms in total. The Balaban J connectivity index is 1.79. The molecule has 1 amide bonds. The summed E-state index contributed by atoms with van der Waals surface area (Å²) in [5.41, 5.74) is 0.787. The Morgan fingerprint density at radius 2 is 1.57 bits per heavy atom. The molecule has 1 aromatic heterocycles. The van der Waals surface area contributed by atoms with Gasteiger partial charge in [0, 0.05) is 5.69 Å². The molecule has 8 heteroatoms. The predicted molar refractivity (Wildman–Crippen MR) is 116 cm³/mol. The van der Waals surface area contributed by atoms with Crippen molar-refractivity contribution in [2.24, 2.45) is 0 Å². The number of aryl methyl sites for hydroxylation is 1. The molecule has 2 aromatic carbocycles. The summed E-state index contributed by atoms with van der Waals surface area (Å²) in [6.07, 6.45) is 0. The lowest BCUT2D eigenvalue weighted by Gasteiger charge is -2.17. The van der Waals surface area contributed by atoms with Crippen LogP contribution in [-0.2, 0) is 21.4 Å². The zero-order chi connectivity index (χ0) is 21.7. The molecule has 156 valence electrons. The maximum absolute atomic E-state index is 12.8. The van der Waals surface area contributed by atoms with E-state index in [4.69, 9.17) is 0 Å². The first-order valence-corrected chi connectivity index (χ1v) is 10.9. The van der Waals surface area contributed by atoms with Gasteiger partial charge >= 0.3 is 0 Å². The topological polar surface area (TPSA) is 97.3 Å². The van der Waals surface area contributed by atoms with Crippen LogP contribution >= 0.6 is 0 Å². The fourth-order valence-electron chi connectivity index (χ4n) is 3.00. The van der Waals surface area contributed by atoms with E-state index in [1.807, 2.05) is 37.3 Å². The highest BCUT2D eigenvalue weighted by Crippen LogP contribution is 2.14. The van der Waals surface area contributed by atoms with Crippen LogP contribution in [0.15, 0.2) is 82.5 Å². The number of nitrogens with one attached hydrogen (secondary N) is 2. The summed E-state index contributed by atoms with van der Waals surface area (Å²) in [6, 6.07) is 20.0. The minimum absolute atomic E-state index is 0.0472. The maximum Gasteiger partial charge on any atom is 0.275 e. The van der Waals surface area contributed by atoms with Crippen LogP contribution in [0, 0.1) is 6.92 Å². The summed E-state index contributed by atoms with van der Waals surface area (Å²) < 4.78 is 28.6. The monoisotopic (exact) mass is 425 g/mol. The SMILES string of the molecule is Cc1ccc(NS(=O)(=O)c2ccccc2)c(=O)n1CC(=O)NC(C)c1ccccc1. The normalized spacial score (nSPS) is 12.2. The molecule has 0 bridgehead atoms. The van der Waals surface area contributed by atoms with Gasteiger partial charge in [0.25, 0.3) is 15.6 Å². The molecule has 2 N–H and O–H groups in total. The van der Waals surface area contributed by atoms with Crippen LogP contribution in [0.5, 0.6) is 0 Å². The smallest absolute Gasteiger partial charge is 0.275 e. The average molecular weight is 426 g/mol. The van der Waals surface area contributed by atoms with E-state index >= 15 is 0 Å². The van der Waals surface area contributed by atoms with Crippen LogP contribution in [-0.4, -0.2) is 18.9 Å². The Morgan fingerprint density at radius 3 is 2.20 bits per heavy atom. The van der Waals surface area contributed by atoms with E-state index in [9.17, 15) is 18.0 Å². The van der Waals surface area contributed by atoms with Crippen molar-refractivity contribution in [3.05, 3.63) is 94.4 Å². The molecule has 1 atom stereocenters. The predicted octanol–water partition coefficient (Wildman–Crippen LogP) is 2.83. The summed E-state index contributed by atoms with van der Waals surface area (Å²) in [5.74, 6) is -0.348. The number of pyridine rings is 1. The van der Waals surface area contributed by atoms with Crippen molar-refractivity contribution in [3.8, 4) is 0 Å². The molecule has 30 heavy (non-hydrogen) atoms. The fraction of sp³-hybridized carbons (Fsp3) is 0.182. The first kappa shape index (κ1) is 21.3. The molecule has 0 fully saturated rings. The fourth-order valence-corrected chi connectivity index (χ4v) is 4.08. The number of carbonyl (C=O) groups excluding carboxylic acids is 1. The van der Waals surface area contributed by atoms with Gasteiger partial charge in [0.1, 0.15) is 12.2 Å². The largest absolute Gasteiger partial charge is 0.348 e. The van der Waals surface area contributed by atoms with Crippen molar-refractivity contribution in [2.45, 2.75) is 31.3 Å². The van der Waals surface area contributed by atoms with Crippen LogP contribution in [0.4, 0.5) is 5.69 Å². The first-order chi connectivity index (χ1) is 14.3. The molecule has 0 aliphatic carbocycles. The molecular formula is C22H23N3O4S. The second-order valence-electron chi connectivity index (χ2n) is 6.90. The van der Waals surface area contributed by atoms with Crippen molar-refractivity contribution < 1.29 is 13.2 Å². The quantitative estimate of drug-likeness (QED) is 0.608. The zero-order valence-corrected chi connectivity index (χ0v) is 17.5. The molecule has 0 radical (unpaired) electrons. The molecule has 0 spiro atoms. The van der Waals surface area contributed by atoms with Gasteiger partial charge in [0.2, 0.25) is 5.91 Å². The van der Waals surface area contributed by atoms with Crippen molar-refractivity contribution >= 4 is 21.6 Å². The van der Waals surface area contributed by atoms with Crippen LogP contribution in [0.2, 0.25) is 0 Å². The number of anilines is 1. The van der Waals surface area contributed by atoms with E-state index in [2.05, 4.69) is 10.0 Å². The van der Waals surface area contributed by atoms with Crippen LogP contribution in [0.3, 0.4) is 0 Å². The van der Waals surface area contributed by atoms with Gasteiger partial charge in [-0.3, -0.25) is 14.3 Å². The van der Waals surface area contributed by atoms with E-state index < -0.39 is 15.6 Å². The second-order valence-corrected chi connectivity index (χ2v) is 8.58. The summed E-state index contributed by atoms with van der Waals surface area (Å²) in [6.45, 7) is 3.32. The van der Waals surface area contributed by atoms with Gasteiger partial charge in [-0.2, -0.15) is 0 Å². The van der Waals surface area contributed by atoms with Crippen molar-refractivity contribution in [2.75, 3.05) is 4.72 Å². The van der Waals surface area contributed by atoms with E-state index in [1.165, 1.54) is 22.8 Å². The van der Waals surface area contributed by atoms with Gasteiger partial charge in [0.05, 0.1) is 10.9 Å². The number of amides is 1. The van der Waals surface area contributed by atoms with E-state index in [-0.39, 0.29) is 29.1 Å². The number of rotatable bonds is 7. The lowest BCUT2D eigenvalue weighted by molar-refractivity contribution is -0.122. The lowest BCUT2D eigenvalue weighted by atomic mass is 10.1. The number of sulfonamides is 1. The molecule has 1 heterocycles. The highest BCUT2D eigenvalue weighted by molar-refractivity contribution is 7.92. The van der Waals surface area contributed by atoms with Gasteiger partial charge in [-0.15, -0.1) is 0 Å². The molecule has 1 unspecified atom stereocenters. The number of nitrogens with zero attached hydrogens (tertiary/aromatic N) is 1. The van der Waals surface area contributed by atoms with Gasteiger partial charge in [-0.05, 0) is 43.7 Å². The number of aromatic nitrogens is 1. The van der Waals surface area contributed by atoms with Gasteiger partial charge in [-0.1, -0.05) is 48.5 Å². The molecule has 0 aliphatic heterocycles. The first-order valence-electron chi connectivity index (χ1n) is 9.40. The van der Waals surface area contributed by atoms with Gasteiger partial charge < -0.3 is 9.88 Å². The molecule has 0 saturated carbocycles. The van der Waals surface area contributed by atoms with Gasteiger partial charge in [-0.25, -0.2) is 8.42 Å². The van der Waals surface area contributed by atoms with Crippen LogP contribution in [0.25, 0.3) is 0 Å².